The van der Waals surface area contributed by atoms with Crippen molar-refractivity contribution in [1.29, 1.82) is 0 Å². The van der Waals surface area contributed by atoms with Gasteiger partial charge in [0.2, 0.25) is 6.79 Å². The molecule has 1 aliphatic heterocycles. The molecule has 23 heavy (non-hydrogen) atoms. The SMILES string of the molecule is COc1cc(NC(=S)Nc2ccc3c(c2)OCO3)cc(OC)c1. The third-order valence-electron chi connectivity index (χ3n) is 3.24. The fourth-order valence-electron chi connectivity index (χ4n) is 2.15. The van der Waals surface area contributed by atoms with Crippen LogP contribution in [0.1, 0.15) is 0 Å². The van der Waals surface area contributed by atoms with Crippen molar-refractivity contribution in [3.63, 3.8) is 0 Å². The van der Waals surface area contributed by atoms with Gasteiger partial charge in [-0.15, -0.1) is 0 Å². The number of fused-ring (bicyclic) bond motifs is 1. The van der Waals surface area contributed by atoms with Gasteiger partial charge in [0, 0.05) is 35.6 Å². The second-order valence-electron chi connectivity index (χ2n) is 4.75. The van der Waals surface area contributed by atoms with Crippen LogP contribution in [0.25, 0.3) is 0 Å². The Labute approximate surface area is 139 Å². The van der Waals surface area contributed by atoms with Crippen molar-refractivity contribution in [3.8, 4) is 23.0 Å². The molecular formula is C16H16N2O4S. The van der Waals surface area contributed by atoms with Gasteiger partial charge < -0.3 is 29.6 Å². The van der Waals surface area contributed by atoms with Crippen molar-refractivity contribution in [2.24, 2.45) is 0 Å². The zero-order valence-corrected chi connectivity index (χ0v) is 13.5. The van der Waals surface area contributed by atoms with E-state index >= 15 is 0 Å². The average Bonchev–Trinajstić information content (AvgIpc) is 3.01. The molecule has 1 aliphatic rings. The predicted molar refractivity (Wildman–Crippen MR) is 92.0 cm³/mol. The summed E-state index contributed by atoms with van der Waals surface area (Å²) in [5.41, 5.74) is 1.57. The molecule has 3 rings (SSSR count). The van der Waals surface area contributed by atoms with Crippen LogP contribution in [0.5, 0.6) is 23.0 Å². The van der Waals surface area contributed by atoms with E-state index in [2.05, 4.69) is 10.6 Å². The van der Waals surface area contributed by atoms with Gasteiger partial charge in [-0.2, -0.15) is 0 Å². The molecule has 0 bridgehead atoms. The molecule has 2 aromatic carbocycles. The molecule has 0 saturated carbocycles. The Bertz CT molecular complexity index is 714. The first kappa shape index (κ1) is 15.2. The Balaban J connectivity index is 1.69. The Morgan fingerprint density at radius 2 is 1.57 bits per heavy atom. The number of methoxy groups -OCH3 is 2. The lowest BCUT2D eigenvalue weighted by Crippen LogP contribution is -2.19. The summed E-state index contributed by atoms with van der Waals surface area (Å²) in [6.07, 6.45) is 0. The number of thiocarbonyl (C=S) groups is 1. The molecule has 0 aliphatic carbocycles. The van der Waals surface area contributed by atoms with E-state index in [1.807, 2.05) is 30.3 Å². The molecule has 6 nitrogen and oxygen atoms in total. The van der Waals surface area contributed by atoms with Crippen molar-refractivity contribution < 1.29 is 18.9 Å². The molecule has 0 radical (unpaired) electrons. The van der Waals surface area contributed by atoms with Gasteiger partial charge in [0.25, 0.3) is 0 Å². The second-order valence-corrected chi connectivity index (χ2v) is 5.16. The predicted octanol–water partition coefficient (Wildman–Crippen LogP) is 3.24. The Morgan fingerprint density at radius 1 is 0.913 bits per heavy atom. The molecule has 0 amide bonds. The summed E-state index contributed by atoms with van der Waals surface area (Å²) in [7, 11) is 3.20. The van der Waals surface area contributed by atoms with Crippen LogP contribution in [0.2, 0.25) is 0 Å². The molecular weight excluding hydrogens is 316 g/mol. The molecule has 0 aromatic heterocycles. The van der Waals surface area contributed by atoms with E-state index in [4.69, 9.17) is 31.2 Å². The fourth-order valence-corrected chi connectivity index (χ4v) is 2.38. The summed E-state index contributed by atoms with van der Waals surface area (Å²) in [6, 6.07) is 11.0. The van der Waals surface area contributed by atoms with Gasteiger partial charge in [0.1, 0.15) is 11.5 Å². The number of ether oxygens (including phenoxy) is 4. The molecule has 0 atom stereocenters. The Morgan fingerprint density at radius 3 is 2.26 bits per heavy atom. The molecule has 2 aromatic rings. The summed E-state index contributed by atoms with van der Waals surface area (Å²) in [5, 5.41) is 6.64. The second kappa shape index (κ2) is 6.62. The summed E-state index contributed by atoms with van der Waals surface area (Å²) in [5.74, 6) is 2.78. The first-order valence-corrected chi connectivity index (χ1v) is 7.29. The van der Waals surface area contributed by atoms with Crippen LogP contribution >= 0.6 is 12.2 Å². The highest BCUT2D eigenvalue weighted by atomic mass is 32.1. The number of anilines is 2. The van der Waals surface area contributed by atoms with Crippen molar-refractivity contribution in [2.45, 2.75) is 0 Å². The molecule has 0 spiro atoms. The van der Waals surface area contributed by atoms with Crippen LogP contribution in [0, 0.1) is 0 Å². The first-order chi connectivity index (χ1) is 11.2. The van der Waals surface area contributed by atoms with Crippen LogP contribution in [-0.2, 0) is 0 Å². The molecule has 0 saturated heterocycles. The largest absolute Gasteiger partial charge is 0.497 e. The third-order valence-corrected chi connectivity index (χ3v) is 3.44. The quantitative estimate of drug-likeness (QED) is 0.834. The Kier molecular flexibility index (Phi) is 4.38. The van der Waals surface area contributed by atoms with Gasteiger partial charge in [-0.25, -0.2) is 0 Å². The average molecular weight is 332 g/mol. The minimum atomic E-state index is 0.241. The molecule has 0 fully saturated rings. The van der Waals surface area contributed by atoms with E-state index < -0.39 is 0 Å². The first-order valence-electron chi connectivity index (χ1n) is 6.88. The van der Waals surface area contributed by atoms with E-state index in [0.717, 1.165) is 17.1 Å². The lowest BCUT2D eigenvalue weighted by molar-refractivity contribution is 0.174. The van der Waals surface area contributed by atoms with E-state index in [0.29, 0.717) is 22.4 Å². The van der Waals surface area contributed by atoms with Crippen molar-refractivity contribution in [3.05, 3.63) is 36.4 Å². The minimum absolute atomic E-state index is 0.241. The van der Waals surface area contributed by atoms with Gasteiger partial charge in [-0.1, -0.05) is 0 Å². The molecule has 7 heteroatoms. The summed E-state index contributed by atoms with van der Waals surface area (Å²) < 4.78 is 21.1. The lowest BCUT2D eigenvalue weighted by atomic mass is 10.2. The van der Waals surface area contributed by atoms with E-state index in [1.54, 1.807) is 20.3 Å². The lowest BCUT2D eigenvalue weighted by Gasteiger charge is -2.13. The maximum Gasteiger partial charge on any atom is 0.231 e. The van der Waals surface area contributed by atoms with E-state index in [-0.39, 0.29) is 6.79 Å². The fraction of sp³-hybridized carbons (Fsp3) is 0.188. The van der Waals surface area contributed by atoms with Crippen LogP contribution < -0.4 is 29.6 Å². The normalized spacial score (nSPS) is 11.7. The summed E-state index contributed by atoms with van der Waals surface area (Å²) in [4.78, 5) is 0. The van der Waals surface area contributed by atoms with Crippen LogP contribution in [-0.4, -0.2) is 26.1 Å². The highest BCUT2D eigenvalue weighted by molar-refractivity contribution is 7.80. The zero-order valence-electron chi connectivity index (χ0n) is 12.7. The van der Waals surface area contributed by atoms with Crippen molar-refractivity contribution >= 4 is 28.7 Å². The molecule has 2 N–H and O–H groups in total. The minimum Gasteiger partial charge on any atom is -0.497 e. The molecule has 120 valence electrons. The summed E-state index contributed by atoms with van der Waals surface area (Å²) >= 11 is 5.33. The molecule has 1 heterocycles. The van der Waals surface area contributed by atoms with Crippen LogP contribution in [0.3, 0.4) is 0 Å². The number of hydrogen-bond acceptors (Lipinski definition) is 5. The number of benzene rings is 2. The number of nitrogens with one attached hydrogen (secondary N) is 2. The monoisotopic (exact) mass is 332 g/mol. The van der Waals surface area contributed by atoms with Gasteiger partial charge in [0.05, 0.1) is 14.2 Å². The van der Waals surface area contributed by atoms with Crippen LogP contribution in [0.15, 0.2) is 36.4 Å². The summed E-state index contributed by atoms with van der Waals surface area (Å²) in [6.45, 7) is 0.241. The zero-order chi connectivity index (χ0) is 16.2. The van der Waals surface area contributed by atoms with E-state index in [9.17, 15) is 0 Å². The topological polar surface area (TPSA) is 61.0 Å². The smallest absolute Gasteiger partial charge is 0.231 e. The van der Waals surface area contributed by atoms with Gasteiger partial charge in [-0.05, 0) is 24.4 Å². The third kappa shape index (κ3) is 3.57. The number of hydrogen-bond donors (Lipinski definition) is 2. The van der Waals surface area contributed by atoms with Gasteiger partial charge >= 0.3 is 0 Å². The standard InChI is InChI=1S/C16H16N2O4S/c1-19-12-5-11(6-13(8-12)20-2)18-16(23)17-10-3-4-14-15(7-10)22-9-21-14/h3-8H,9H2,1-2H3,(H2,17,18,23). The number of rotatable bonds is 4. The van der Waals surface area contributed by atoms with Crippen molar-refractivity contribution in [1.82, 2.24) is 0 Å². The Hall–Kier alpha value is -2.67. The highest BCUT2D eigenvalue weighted by Gasteiger charge is 2.13. The van der Waals surface area contributed by atoms with Gasteiger partial charge in [-0.3, -0.25) is 0 Å². The highest BCUT2D eigenvalue weighted by Crippen LogP contribution is 2.34. The molecule has 0 unspecified atom stereocenters. The van der Waals surface area contributed by atoms with Gasteiger partial charge in [0.15, 0.2) is 16.6 Å². The van der Waals surface area contributed by atoms with E-state index in [1.165, 1.54) is 0 Å². The maximum absolute atomic E-state index is 5.34. The van der Waals surface area contributed by atoms with Crippen molar-refractivity contribution in [2.75, 3.05) is 31.6 Å². The maximum atomic E-state index is 5.34. The van der Waals surface area contributed by atoms with Crippen LogP contribution in [0.4, 0.5) is 11.4 Å².